The molecular weight excluding hydrogens is 290 g/mol. The molecule has 3 rings (SSSR count). The summed E-state index contributed by atoms with van der Waals surface area (Å²) in [4.78, 5) is 17.4. The summed E-state index contributed by atoms with van der Waals surface area (Å²) in [5.74, 6) is 1.21. The van der Waals surface area contributed by atoms with Gasteiger partial charge in [-0.05, 0) is 44.7 Å². The van der Waals surface area contributed by atoms with E-state index in [0.29, 0.717) is 29.6 Å². The first-order valence-corrected chi connectivity index (χ1v) is 8.53. The highest BCUT2D eigenvalue weighted by atomic mass is 16.5. The Morgan fingerprint density at radius 1 is 1.43 bits per heavy atom. The van der Waals surface area contributed by atoms with E-state index in [4.69, 9.17) is 4.74 Å². The van der Waals surface area contributed by atoms with E-state index in [9.17, 15) is 4.79 Å². The zero-order valence-corrected chi connectivity index (χ0v) is 14.1. The molecule has 0 aromatic carbocycles. The van der Waals surface area contributed by atoms with Crippen molar-refractivity contribution in [1.29, 1.82) is 0 Å². The third-order valence-corrected chi connectivity index (χ3v) is 4.73. The normalized spacial score (nSPS) is 21.3. The van der Waals surface area contributed by atoms with Crippen LogP contribution in [0.25, 0.3) is 5.65 Å². The second-order valence-corrected chi connectivity index (χ2v) is 6.39. The number of carbonyl (C=O) groups is 1. The van der Waals surface area contributed by atoms with Crippen LogP contribution in [0.5, 0.6) is 5.75 Å². The van der Waals surface area contributed by atoms with E-state index in [1.54, 1.807) is 0 Å². The molecule has 2 heterocycles. The standard InChI is InChI=1S/C18H25N3O2/c1-4-23-15-10-7-11-21-16(13(3)19-17(15)21)18(22)20-14-9-6-5-8-12(14)2/h7,10-12,14H,4-6,8-9H2,1-3H3,(H,20,22). The van der Waals surface area contributed by atoms with E-state index in [1.165, 1.54) is 19.3 Å². The topological polar surface area (TPSA) is 55.6 Å². The third kappa shape index (κ3) is 3.05. The van der Waals surface area contributed by atoms with Gasteiger partial charge in [-0.25, -0.2) is 4.98 Å². The minimum Gasteiger partial charge on any atom is -0.490 e. The van der Waals surface area contributed by atoms with Gasteiger partial charge in [0, 0.05) is 12.2 Å². The summed E-state index contributed by atoms with van der Waals surface area (Å²) in [6, 6.07) is 4.03. The number of fused-ring (bicyclic) bond motifs is 1. The maximum atomic E-state index is 12.8. The lowest BCUT2D eigenvalue weighted by molar-refractivity contribution is 0.0903. The zero-order valence-electron chi connectivity index (χ0n) is 14.1. The number of nitrogens with zero attached hydrogens (tertiary/aromatic N) is 2. The monoisotopic (exact) mass is 315 g/mol. The van der Waals surface area contributed by atoms with Gasteiger partial charge in [-0.3, -0.25) is 9.20 Å². The number of hydrogen-bond acceptors (Lipinski definition) is 3. The number of pyridine rings is 1. The molecule has 124 valence electrons. The second kappa shape index (κ2) is 6.60. The summed E-state index contributed by atoms with van der Waals surface area (Å²) in [5.41, 5.74) is 2.05. The summed E-state index contributed by atoms with van der Waals surface area (Å²) in [5, 5.41) is 3.21. The van der Waals surface area contributed by atoms with E-state index in [0.717, 1.165) is 12.1 Å². The van der Waals surface area contributed by atoms with Gasteiger partial charge in [0.05, 0.1) is 12.3 Å². The molecule has 1 aliphatic carbocycles. The fourth-order valence-electron chi connectivity index (χ4n) is 3.47. The van der Waals surface area contributed by atoms with Gasteiger partial charge in [0.2, 0.25) is 0 Å². The van der Waals surface area contributed by atoms with Crippen molar-refractivity contribution in [3.8, 4) is 5.75 Å². The first-order chi connectivity index (χ1) is 11.1. The van der Waals surface area contributed by atoms with Gasteiger partial charge < -0.3 is 10.1 Å². The van der Waals surface area contributed by atoms with Crippen molar-refractivity contribution >= 4 is 11.6 Å². The molecule has 5 heteroatoms. The highest BCUT2D eigenvalue weighted by molar-refractivity contribution is 5.95. The largest absolute Gasteiger partial charge is 0.490 e. The molecule has 1 fully saturated rings. The Kier molecular flexibility index (Phi) is 4.55. The van der Waals surface area contributed by atoms with E-state index in [2.05, 4.69) is 17.2 Å². The summed E-state index contributed by atoms with van der Waals surface area (Å²) < 4.78 is 7.46. The molecule has 0 radical (unpaired) electrons. The number of amides is 1. The highest BCUT2D eigenvalue weighted by Crippen LogP contribution is 2.25. The number of ether oxygens (including phenoxy) is 1. The second-order valence-electron chi connectivity index (χ2n) is 6.39. The van der Waals surface area contributed by atoms with Gasteiger partial charge in [0.15, 0.2) is 11.4 Å². The smallest absolute Gasteiger partial charge is 0.270 e. The molecule has 2 aromatic heterocycles. The minimum atomic E-state index is -0.0394. The number of carbonyl (C=O) groups excluding carboxylic acids is 1. The Bertz CT molecular complexity index is 708. The lowest BCUT2D eigenvalue weighted by atomic mass is 9.86. The fraction of sp³-hybridized carbons (Fsp3) is 0.556. The van der Waals surface area contributed by atoms with Crippen molar-refractivity contribution in [2.75, 3.05) is 6.61 Å². The van der Waals surface area contributed by atoms with Crippen molar-refractivity contribution in [3.63, 3.8) is 0 Å². The van der Waals surface area contributed by atoms with Crippen molar-refractivity contribution in [3.05, 3.63) is 29.7 Å². The van der Waals surface area contributed by atoms with E-state index in [1.807, 2.05) is 36.6 Å². The molecule has 1 aliphatic rings. The summed E-state index contributed by atoms with van der Waals surface area (Å²) in [7, 11) is 0. The first-order valence-electron chi connectivity index (χ1n) is 8.53. The van der Waals surface area contributed by atoms with Crippen molar-refractivity contribution in [2.24, 2.45) is 5.92 Å². The molecule has 2 aromatic rings. The average molecular weight is 315 g/mol. The SMILES string of the molecule is CCOc1cccn2c(C(=O)NC3CCCCC3C)c(C)nc12. The zero-order chi connectivity index (χ0) is 16.4. The predicted molar refractivity (Wildman–Crippen MR) is 90.0 cm³/mol. The summed E-state index contributed by atoms with van der Waals surface area (Å²) in [6.45, 7) is 6.62. The van der Waals surface area contributed by atoms with Crippen LogP contribution < -0.4 is 10.1 Å². The number of rotatable bonds is 4. The Hall–Kier alpha value is -2.04. The number of aromatic nitrogens is 2. The lowest BCUT2D eigenvalue weighted by Crippen LogP contribution is -2.41. The van der Waals surface area contributed by atoms with E-state index < -0.39 is 0 Å². The molecular formula is C18H25N3O2. The van der Waals surface area contributed by atoms with Crippen LogP contribution in [-0.2, 0) is 0 Å². The quantitative estimate of drug-likeness (QED) is 0.941. The predicted octanol–water partition coefficient (Wildman–Crippen LogP) is 3.35. The molecule has 1 saturated carbocycles. The highest BCUT2D eigenvalue weighted by Gasteiger charge is 2.26. The average Bonchev–Trinajstić information content (AvgIpc) is 2.87. The fourth-order valence-corrected chi connectivity index (χ4v) is 3.47. The maximum Gasteiger partial charge on any atom is 0.270 e. The number of hydrogen-bond donors (Lipinski definition) is 1. The molecule has 1 N–H and O–H groups in total. The van der Waals surface area contributed by atoms with Gasteiger partial charge in [-0.2, -0.15) is 0 Å². The van der Waals surface area contributed by atoms with Crippen molar-refractivity contribution in [2.45, 2.75) is 52.5 Å². The van der Waals surface area contributed by atoms with Crippen LogP contribution in [-0.4, -0.2) is 27.9 Å². The lowest BCUT2D eigenvalue weighted by Gasteiger charge is -2.29. The number of aryl methyl sites for hydroxylation is 1. The Balaban J connectivity index is 1.91. The van der Waals surface area contributed by atoms with Crippen LogP contribution in [0.3, 0.4) is 0 Å². The third-order valence-electron chi connectivity index (χ3n) is 4.73. The van der Waals surface area contributed by atoms with Gasteiger partial charge in [0.25, 0.3) is 5.91 Å². The Morgan fingerprint density at radius 3 is 2.96 bits per heavy atom. The minimum absolute atomic E-state index is 0.0394. The maximum absolute atomic E-state index is 12.8. The van der Waals surface area contributed by atoms with Crippen LogP contribution in [0.1, 0.15) is 55.7 Å². The molecule has 0 bridgehead atoms. The molecule has 0 saturated heterocycles. The Morgan fingerprint density at radius 2 is 2.22 bits per heavy atom. The van der Waals surface area contributed by atoms with Crippen molar-refractivity contribution < 1.29 is 9.53 Å². The van der Waals surface area contributed by atoms with Crippen molar-refractivity contribution in [1.82, 2.24) is 14.7 Å². The van der Waals surface area contributed by atoms with Gasteiger partial charge in [-0.1, -0.05) is 19.8 Å². The summed E-state index contributed by atoms with van der Waals surface area (Å²) >= 11 is 0. The van der Waals surface area contributed by atoms with E-state index >= 15 is 0 Å². The molecule has 5 nitrogen and oxygen atoms in total. The molecule has 2 unspecified atom stereocenters. The molecule has 2 atom stereocenters. The van der Waals surface area contributed by atoms with Gasteiger partial charge in [0.1, 0.15) is 5.69 Å². The summed E-state index contributed by atoms with van der Waals surface area (Å²) in [6.07, 6.45) is 6.57. The van der Waals surface area contributed by atoms with E-state index in [-0.39, 0.29) is 11.9 Å². The van der Waals surface area contributed by atoms with Crippen LogP contribution in [0.4, 0.5) is 0 Å². The van der Waals surface area contributed by atoms with Crippen LogP contribution >= 0.6 is 0 Å². The number of imidazole rings is 1. The van der Waals surface area contributed by atoms with Crippen LogP contribution in [0.15, 0.2) is 18.3 Å². The molecule has 1 amide bonds. The molecule has 0 aliphatic heterocycles. The molecule has 23 heavy (non-hydrogen) atoms. The molecule has 0 spiro atoms. The number of nitrogens with one attached hydrogen (secondary N) is 1. The van der Waals surface area contributed by atoms with Gasteiger partial charge in [-0.15, -0.1) is 0 Å². The van der Waals surface area contributed by atoms with Crippen LogP contribution in [0, 0.1) is 12.8 Å². The first kappa shape index (κ1) is 15.8. The van der Waals surface area contributed by atoms with Crippen LogP contribution in [0.2, 0.25) is 0 Å². The Labute approximate surface area is 137 Å². The van der Waals surface area contributed by atoms with Gasteiger partial charge >= 0.3 is 0 Å².